The Morgan fingerprint density at radius 1 is 1.05 bits per heavy atom. The molecule has 0 atom stereocenters. The number of rotatable bonds is 5. The number of aliphatic hydroxyl groups excluding tert-OH is 1. The zero-order valence-corrected chi connectivity index (χ0v) is 12.0. The number of aliphatic hydroxyl groups is 1. The molecular weight excluding hydrogens is 264 g/mol. The maximum absolute atomic E-state index is 8.79. The molecule has 108 valence electrons. The summed E-state index contributed by atoms with van der Waals surface area (Å²) in [5.74, 6) is 6.39. The van der Waals surface area contributed by atoms with Crippen molar-refractivity contribution in [2.24, 2.45) is 0 Å². The van der Waals surface area contributed by atoms with Gasteiger partial charge in [-0.25, -0.2) is 0 Å². The summed E-state index contributed by atoms with van der Waals surface area (Å²) in [6.45, 7) is 0.858. The van der Waals surface area contributed by atoms with E-state index in [9.17, 15) is 0 Å². The Morgan fingerprint density at radius 3 is 2.71 bits per heavy atom. The van der Waals surface area contributed by atoms with Crippen LogP contribution < -0.4 is 4.74 Å². The predicted molar refractivity (Wildman–Crippen MR) is 81.9 cm³/mol. The lowest BCUT2D eigenvalue weighted by molar-refractivity contribution is 0.184. The van der Waals surface area contributed by atoms with E-state index in [1.54, 1.807) is 7.11 Å². The van der Waals surface area contributed by atoms with Crippen LogP contribution in [0.2, 0.25) is 0 Å². The molecule has 0 heterocycles. The minimum Gasteiger partial charge on any atom is -0.489 e. The molecule has 0 spiro atoms. The van der Waals surface area contributed by atoms with Crippen LogP contribution in [0.3, 0.4) is 0 Å². The first-order chi connectivity index (χ1) is 10.3. The summed E-state index contributed by atoms with van der Waals surface area (Å²) in [6, 6.07) is 15.6. The summed E-state index contributed by atoms with van der Waals surface area (Å²) in [4.78, 5) is 0. The second-order valence-corrected chi connectivity index (χ2v) is 4.49. The molecule has 2 aromatic carbocycles. The number of ether oxygens (including phenoxy) is 2. The minimum atomic E-state index is -0.145. The largest absolute Gasteiger partial charge is 0.489 e. The fourth-order valence-electron chi connectivity index (χ4n) is 1.96. The summed E-state index contributed by atoms with van der Waals surface area (Å²) in [5.41, 5.74) is 2.94. The number of methoxy groups -OCH3 is 1. The third-order valence-corrected chi connectivity index (χ3v) is 2.92. The van der Waals surface area contributed by atoms with Crippen LogP contribution in [0.5, 0.6) is 5.75 Å². The molecule has 3 heteroatoms. The van der Waals surface area contributed by atoms with Crippen LogP contribution in [-0.4, -0.2) is 18.8 Å². The number of hydrogen-bond acceptors (Lipinski definition) is 3. The van der Waals surface area contributed by atoms with Gasteiger partial charge in [-0.2, -0.15) is 0 Å². The molecule has 2 rings (SSSR count). The molecule has 0 fully saturated rings. The van der Waals surface area contributed by atoms with Crippen molar-refractivity contribution in [2.45, 2.75) is 13.2 Å². The standard InChI is InChI=1S/C18H18O3/c1-20-13-15-6-4-10-18(12-15)21-14-17-8-3-2-7-16(17)9-5-11-19/h2-4,6-8,10,12,19H,11,13-14H2,1H3. The van der Waals surface area contributed by atoms with E-state index in [4.69, 9.17) is 14.6 Å². The van der Waals surface area contributed by atoms with E-state index in [-0.39, 0.29) is 6.61 Å². The van der Waals surface area contributed by atoms with Crippen molar-refractivity contribution in [2.75, 3.05) is 13.7 Å². The minimum absolute atomic E-state index is 0.145. The lowest BCUT2D eigenvalue weighted by atomic mass is 10.1. The first-order valence-corrected chi connectivity index (χ1v) is 6.72. The Labute approximate surface area is 125 Å². The summed E-state index contributed by atoms with van der Waals surface area (Å²) in [7, 11) is 1.67. The molecular formula is C18H18O3. The highest BCUT2D eigenvalue weighted by Crippen LogP contribution is 2.17. The van der Waals surface area contributed by atoms with Crippen molar-refractivity contribution in [1.82, 2.24) is 0 Å². The predicted octanol–water partition coefficient (Wildman–Crippen LogP) is 2.76. The zero-order valence-electron chi connectivity index (χ0n) is 12.0. The molecule has 0 aromatic heterocycles. The first kappa shape index (κ1) is 15.1. The van der Waals surface area contributed by atoms with Gasteiger partial charge in [0.05, 0.1) is 6.61 Å². The summed E-state index contributed by atoms with van der Waals surface area (Å²) in [6.07, 6.45) is 0. The van der Waals surface area contributed by atoms with Crippen LogP contribution in [0, 0.1) is 11.8 Å². The number of benzene rings is 2. The topological polar surface area (TPSA) is 38.7 Å². The van der Waals surface area contributed by atoms with Crippen molar-refractivity contribution >= 4 is 0 Å². The van der Waals surface area contributed by atoms with Crippen LogP contribution in [0.1, 0.15) is 16.7 Å². The molecule has 0 unspecified atom stereocenters. The molecule has 0 saturated carbocycles. The van der Waals surface area contributed by atoms with Crippen LogP contribution in [0.25, 0.3) is 0 Å². The van der Waals surface area contributed by atoms with E-state index in [1.165, 1.54) is 0 Å². The van der Waals surface area contributed by atoms with Crippen LogP contribution in [-0.2, 0) is 18.0 Å². The summed E-state index contributed by atoms with van der Waals surface area (Å²) in [5, 5.41) is 8.79. The molecule has 0 saturated heterocycles. The molecule has 1 N–H and O–H groups in total. The maximum Gasteiger partial charge on any atom is 0.120 e. The van der Waals surface area contributed by atoms with Gasteiger partial charge in [-0.05, 0) is 23.8 Å². The van der Waals surface area contributed by atoms with Crippen LogP contribution >= 0.6 is 0 Å². The molecule has 3 nitrogen and oxygen atoms in total. The Kier molecular flexibility index (Phi) is 5.83. The molecule has 0 aliphatic rings. The Morgan fingerprint density at radius 2 is 1.90 bits per heavy atom. The van der Waals surface area contributed by atoms with Crippen molar-refractivity contribution in [3.8, 4) is 17.6 Å². The van der Waals surface area contributed by atoms with Gasteiger partial charge >= 0.3 is 0 Å². The molecule has 0 aliphatic heterocycles. The summed E-state index contributed by atoms with van der Waals surface area (Å²) < 4.78 is 10.9. The van der Waals surface area contributed by atoms with Gasteiger partial charge in [0.1, 0.15) is 19.0 Å². The van der Waals surface area contributed by atoms with Gasteiger partial charge in [-0.15, -0.1) is 0 Å². The fraction of sp³-hybridized carbons (Fsp3) is 0.222. The van der Waals surface area contributed by atoms with Crippen LogP contribution in [0.4, 0.5) is 0 Å². The van der Waals surface area contributed by atoms with Gasteiger partial charge in [-0.1, -0.05) is 42.2 Å². The van der Waals surface area contributed by atoms with Gasteiger partial charge in [0.15, 0.2) is 0 Å². The van der Waals surface area contributed by atoms with E-state index >= 15 is 0 Å². The van der Waals surface area contributed by atoms with E-state index in [0.29, 0.717) is 13.2 Å². The van der Waals surface area contributed by atoms with Crippen LogP contribution in [0.15, 0.2) is 48.5 Å². The average molecular weight is 282 g/mol. The molecule has 2 aromatic rings. The molecule has 0 radical (unpaired) electrons. The molecule has 0 bridgehead atoms. The normalized spacial score (nSPS) is 9.81. The fourth-order valence-corrected chi connectivity index (χ4v) is 1.96. The Hall–Kier alpha value is -2.28. The summed E-state index contributed by atoms with van der Waals surface area (Å²) >= 11 is 0. The third-order valence-electron chi connectivity index (χ3n) is 2.92. The van der Waals surface area contributed by atoms with E-state index in [1.807, 2.05) is 48.5 Å². The van der Waals surface area contributed by atoms with Gasteiger partial charge < -0.3 is 14.6 Å². The maximum atomic E-state index is 8.79. The van der Waals surface area contributed by atoms with E-state index in [2.05, 4.69) is 11.8 Å². The highest BCUT2D eigenvalue weighted by Gasteiger charge is 2.01. The highest BCUT2D eigenvalue weighted by molar-refractivity contribution is 5.41. The Balaban J connectivity index is 2.08. The molecule has 21 heavy (non-hydrogen) atoms. The van der Waals surface area contributed by atoms with Gasteiger partial charge in [0, 0.05) is 18.2 Å². The Bertz CT molecular complexity index is 638. The highest BCUT2D eigenvalue weighted by atomic mass is 16.5. The van der Waals surface area contributed by atoms with Gasteiger partial charge in [0.2, 0.25) is 0 Å². The quantitative estimate of drug-likeness (QED) is 0.857. The monoisotopic (exact) mass is 282 g/mol. The third kappa shape index (κ3) is 4.64. The van der Waals surface area contributed by atoms with E-state index in [0.717, 1.165) is 22.4 Å². The SMILES string of the molecule is COCc1cccc(OCc2ccccc2C#CCO)c1. The lowest BCUT2D eigenvalue weighted by Crippen LogP contribution is -1.99. The van der Waals surface area contributed by atoms with Crippen molar-refractivity contribution in [1.29, 1.82) is 0 Å². The van der Waals surface area contributed by atoms with Gasteiger partial charge in [0.25, 0.3) is 0 Å². The zero-order chi connectivity index (χ0) is 14.9. The smallest absolute Gasteiger partial charge is 0.120 e. The number of hydrogen-bond donors (Lipinski definition) is 1. The van der Waals surface area contributed by atoms with Gasteiger partial charge in [-0.3, -0.25) is 0 Å². The lowest BCUT2D eigenvalue weighted by Gasteiger charge is -2.09. The second-order valence-electron chi connectivity index (χ2n) is 4.49. The first-order valence-electron chi connectivity index (χ1n) is 6.72. The molecule has 0 amide bonds. The van der Waals surface area contributed by atoms with Crippen molar-refractivity contribution < 1.29 is 14.6 Å². The van der Waals surface area contributed by atoms with Crippen molar-refractivity contribution in [3.63, 3.8) is 0 Å². The second kappa shape index (κ2) is 8.11. The molecule has 0 aliphatic carbocycles. The average Bonchev–Trinajstić information content (AvgIpc) is 2.52. The van der Waals surface area contributed by atoms with E-state index < -0.39 is 0 Å². The van der Waals surface area contributed by atoms with Crippen molar-refractivity contribution in [3.05, 3.63) is 65.2 Å².